The maximum Gasteiger partial charge on any atom is 0.0742 e. The summed E-state index contributed by atoms with van der Waals surface area (Å²) in [6.07, 6.45) is 0. The van der Waals surface area contributed by atoms with Crippen LogP contribution in [-0.2, 0) is 5.41 Å². The number of rotatable bonds is 10. The van der Waals surface area contributed by atoms with Gasteiger partial charge in [0.1, 0.15) is 0 Å². The van der Waals surface area contributed by atoms with Gasteiger partial charge in [-0.15, -0.1) is 0 Å². The van der Waals surface area contributed by atoms with Gasteiger partial charge in [-0.1, -0.05) is 218 Å². The van der Waals surface area contributed by atoms with E-state index >= 15 is 0 Å². The fourth-order valence-corrected chi connectivity index (χ4v) is 12.0. The lowest BCUT2D eigenvalue weighted by Gasteiger charge is -2.46. The van der Waals surface area contributed by atoms with Crippen molar-refractivity contribution >= 4 is 55.9 Å². The van der Waals surface area contributed by atoms with Gasteiger partial charge < -0.3 is 14.4 Å². The number of hydrogen-bond acceptors (Lipinski definition) is 2. The molecule has 0 N–H and O–H groups in total. The van der Waals surface area contributed by atoms with Gasteiger partial charge >= 0.3 is 0 Å². The Balaban J connectivity index is 0.870. The average molecular weight is 970 g/mol. The highest BCUT2D eigenvalue weighted by Gasteiger charge is 2.46. The van der Waals surface area contributed by atoms with Crippen LogP contribution in [-0.4, -0.2) is 4.57 Å². The van der Waals surface area contributed by atoms with Crippen molar-refractivity contribution in [3.63, 3.8) is 0 Å². The molecule has 13 aromatic rings. The summed E-state index contributed by atoms with van der Waals surface area (Å²) in [5.41, 5.74) is 21.6. The van der Waals surface area contributed by atoms with E-state index in [9.17, 15) is 0 Å². The predicted molar refractivity (Wildman–Crippen MR) is 318 cm³/mol. The monoisotopic (exact) mass is 969 g/mol. The fourth-order valence-electron chi connectivity index (χ4n) is 12.0. The highest BCUT2D eigenvalue weighted by atomic mass is 15.2. The normalized spacial score (nSPS) is 12.6. The summed E-state index contributed by atoms with van der Waals surface area (Å²) in [6.45, 7) is 0. The van der Waals surface area contributed by atoms with Crippen LogP contribution in [0.5, 0.6) is 0 Å². The molecule has 1 aliphatic rings. The molecule has 0 amide bonds. The maximum atomic E-state index is 2.46. The molecular formula is C73H51N3. The Bertz CT molecular complexity index is 4130. The van der Waals surface area contributed by atoms with Crippen LogP contribution < -0.4 is 9.80 Å². The molecule has 3 heteroatoms. The van der Waals surface area contributed by atoms with Gasteiger partial charge in [-0.05, 0) is 147 Å². The lowest BCUT2D eigenvalue weighted by Crippen LogP contribution is -2.37. The van der Waals surface area contributed by atoms with Crippen molar-refractivity contribution < 1.29 is 0 Å². The molecule has 12 aromatic carbocycles. The SMILES string of the molecule is c1ccc(-c2ccc(N(c3ccc(-c4ccc5c(c4)N(c4ccccc4)c4ccccc4C5(c4ccccc4)c4ccccc4)cc3)c3ccc(-c4ccc5c(c4)c4ccccc4n5-c4ccccc4)cc3)cc2)cc1. The van der Waals surface area contributed by atoms with E-state index in [4.69, 9.17) is 0 Å². The summed E-state index contributed by atoms with van der Waals surface area (Å²) in [7, 11) is 0. The summed E-state index contributed by atoms with van der Waals surface area (Å²) >= 11 is 0. The summed E-state index contributed by atoms with van der Waals surface area (Å²) in [4.78, 5) is 4.83. The molecule has 0 spiro atoms. The van der Waals surface area contributed by atoms with E-state index in [1.807, 2.05) is 0 Å². The first-order valence-electron chi connectivity index (χ1n) is 26.2. The van der Waals surface area contributed by atoms with E-state index in [2.05, 4.69) is 324 Å². The summed E-state index contributed by atoms with van der Waals surface area (Å²) < 4.78 is 2.37. The Morgan fingerprint density at radius 1 is 0.263 bits per heavy atom. The summed E-state index contributed by atoms with van der Waals surface area (Å²) in [6, 6.07) is 113. The first kappa shape index (κ1) is 44.7. The number of para-hydroxylation sites is 4. The Kier molecular flexibility index (Phi) is 11.1. The second-order valence-electron chi connectivity index (χ2n) is 19.7. The first-order valence-corrected chi connectivity index (χ1v) is 26.2. The zero-order chi connectivity index (χ0) is 50.4. The fraction of sp³-hybridized carbons (Fsp3) is 0.0137. The molecule has 0 aliphatic carbocycles. The number of hydrogen-bond donors (Lipinski definition) is 0. The molecule has 14 rings (SSSR count). The largest absolute Gasteiger partial charge is 0.311 e. The van der Waals surface area contributed by atoms with Crippen molar-refractivity contribution in [2.24, 2.45) is 0 Å². The second-order valence-corrected chi connectivity index (χ2v) is 19.7. The number of fused-ring (bicyclic) bond motifs is 5. The Labute approximate surface area is 444 Å². The molecule has 0 radical (unpaired) electrons. The first-order chi connectivity index (χ1) is 37.7. The van der Waals surface area contributed by atoms with Crippen molar-refractivity contribution in [2.45, 2.75) is 5.41 Å². The van der Waals surface area contributed by atoms with E-state index in [-0.39, 0.29) is 0 Å². The van der Waals surface area contributed by atoms with Gasteiger partial charge in [0, 0.05) is 39.2 Å². The minimum atomic E-state index is -0.566. The van der Waals surface area contributed by atoms with Crippen molar-refractivity contribution in [1.29, 1.82) is 0 Å². The zero-order valence-corrected chi connectivity index (χ0v) is 41.8. The molecule has 2 heterocycles. The van der Waals surface area contributed by atoms with Crippen LogP contribution in [0, 0.1) is 0 Å². The molecule has 0 unspecified atom stereocenters. The molecular weight excluding hydrogens is 919 g/mol. The van der Waals surface area contributed by atoms with Gasteiger partial charge in [0.15, 0.2) is 0 Å². The molecule has 0 atom stereocenters. The van der Waals surface area contributed by atoms with Crippen LogP contribution in [0.4, 0.5) is 34.1 Å². The molecule has 0 saturated carbocycles. The summed E-state index contributed by atoms with van der Waals surface area (Å²) in [5.74, 6) is 0. The minimum absolute atomic E-state index is 0.566. The molecule has 0 fully saturated rings. The quantitative estimate of drug-likeness (QED) is 0.135. The Hall–Kier alpha value is -9.96. The lowest BCUT2D eigenvalue weighted by atomic mass is 9.62. The van der Waals surface area contributed by atoms with Crippen molar-refractivity contribution in [1.82, 2.24) is 4.57 Å². The number of benzene rings is 12. The third-order valence-electron chi connectivity index (χ3n) is 15.5. The minimum Gasteiger partial charge on any atom is -0.311 e. The van der Waals surface area contributed by atoms with Gasteiger partial charge in [-0.3, -0.25) is 0 Å². The standard InChI is InChI=1S/C73H51N3/c1-6-20-52(21-7-1)53-34-42-62(43-35-53)74(63-44-36-54(37-45-63)56-41-49-70-66(50-56)65-30-16-18-32-69(65)75(70)60-26-12-4-13-27-60)64-46-38-55(39-47-64)57-40-48-68-72(51-57)76(61-28-14-5-15-29-61)71-33-19-17-31-67(71)73(68,58-22-8-2-9-23-58)59-24-10-3-11-25-59/h1-51H. The van der Waals surface area contributed by atoms with Crippen LogP contribution in [0.25, 0.3) is 60.9 Å². The van der Waals surface area contributed by atoms with Crippen LogP contribution in [0.3, 0.4) is 0 Å². The van der Waals surface area contributed by atoms with E-state index in [1.54, 1.807) is 0 Å². The van der Waals surface area contributed by atoms with E-state index in [0.717, 1.165) is 50.9 Å². The second kappa shape index (κ2) is 18.8. The van der Waals surface area contributed by atoms with E-state index in [1.165, 1.54) is 66.3 Å². The van der Waals surface area contributed by atoms with Crippen LogP contribution >= 0.6 is 0 Å². The van der Waals surface area contributed by atoms with E-state index < -0.39 is 5.41 Å². The summed E-state index contributed by atoms with van der Waals surface area (Å²) in [5, 5.41) is 2.49. The third kappa shape index (κ3) is 7.51. The van der Waals surface area contributed by atoms with Crippen molar-refractivity contribution in [3.05, 3.63) is 332 Å². The molecule has 0 bridgehead atoms. The van der Waals surface area contributed by atoms with Gasteiger partial charge in [-0.2, -0.15) is 0 Å². The zero-order valence-electron chi connectivity index (χ0n) is 41.8. The molecule has 358 valence electrons. The van der Waals surface area contributed by atoms with Gasteiger partial charge in [0.05, 0.1) is 27.8 Å². The smallest absolute Gasteiger partial charge is 0.0742 e. The van der Waals surface area contributed by atoms with Crippen molar-refractivity contribution in [3.8, 4) is 39.1 Å². The Morgan fingerprint density at radius 3 is 1.26 bits per heavy atom. The lowest BCUT2D eigenvalue weighted by molar-refractivity contribution is 0.731. The van der Waals surface area contributed by atoms with E-state index in [0.29, 0.717) is 0 Å². The van der Waals surface area contributed by atoms with Crippen molar-refractivity contribution in [2.75, 3.05) is 9.80 Å². The van der Waals surface area contributed by atoms with Crippen LogP contribution in [0.1, 0.15) is 22.3 Å². The Morgan fingerprint density at radius 2 is 0.671 bits per heavy atom. The third-order valence-corrected chi connectivity index (χ3v) is 15.5. The van der Waals surface area contributed by atoms with Crippen LogP contribution in [0.2, 0.25) is 0 Å². The van der Waals surface area contributed by atoms with Crippen LogP contribution in [0.15, 0.2) is 309 Å². The molecule has 1 aliphatic heterocycles. The number of aromatic nitrogens is 1. The van der Waals surface area contributed by atoms with Gasteiger partial charge in [0.2, 0.25) is 0 Å². The van der Waals surface area contributed by atoms with Gasteiger partial charge in [-0.25, -0.2) is 0 Å². The molecule has 1 aromatic heterocycles. The topological polar surface area (TPSA) is 11.4 Å². The molecule has 0 saturated heterocycles. The van der Waals surface area contributed by atoms with Gasteiger partial charge in [0.25, 0.3) is 0 Å². The molecule has 76 heavy (non-hydrogen) atoms. The maximum absolute atomic E-state index is 2.46. The highest BCUT2D eigenvalue weighted by molar-refractivity contribution is 6.10. The number of anilines is 6. The molecule has 3 nitrogen and oxygen atoms in total. The number of nitrogens with zero attached hydrogens (tertiary/aromatic N) is 3. The highest BCUT2D eigenvalue weighted by Crippen LogP contribution is 2.58. The average Bonchev–Trinajstić information content (AvgIpc) is 3.98. The predicted octanol–water partition coefficient (Wildman–Crippen LogP) is 19.4.